The third kappa shape index (κ3) is 2.24. The van der Waals surface area contributed by atoms with Gasteiger partial charge in [0.25, 0.3) is 5.91 Å². The molecule has 0 radical (unpaired) electrons. The lowest BCUT2D eigenvalue weighted by molar-refractivity contribution is -0.136. The highest BCUT2D eigenvalue weighted by atomic mass is 19.1. The van der Waals surface area contributed by atoms with Gasteiger partial charge in [0, 0.05) is 6.07 Å². The summed E-state index contributed by atoms with van der Waals surface area (Å²) in [5.74, 6) is -0.510. The Morgan fingerprint density at radius 2 is 2.10 bits per heavy atom. The van der Waals surface area contributed by atoms with Crippen LogP contribution in [0.1, 0.15) is 19.8 Å². The van der Waals surface area contributed by atoms with Crippen molar-refractivity contribution in [3.8, 4) is 5.75 Å². The molecular weight excluding hydrogens is 275 g/mol. The van der Waals surface area contributed by atoms with Crippen LogP contribution in [0.4, 0.5) is 10.1 Å². The number of amides is 2. The number of piperazine rings is 1. The summed E-state index contributed by atoms with van der Waals surface area (Å²) in [5, 5.41) is 2.77. The van der Waals surface area contributed by atoms with Gasteiger partial charge in [-0.2, -0.15) is 0 Å². The van der Waals surface area contributed by atoms with Crippen LogP contribution in [0.2, 0.25) is 0 Å². The second-order valence-corrected chi connectivity index (χ2v) is 5.73. The lowest BCUT2D eigenvalue weighted by atomic mass is 9.91. The van der Waals surface area contributed by atoms with Crippen molar-refractivity contribution in [2.24, 2.45) is 5.92 Å². The van der Waals surface area contributed by atoms with Crippen molar-refractivity contribution < 1.29 is 18.7 Å². The van der Waals surface area contributed by atoms with Gasteiger partial charge in [0.05, 0.1) is 12.8 Å². The van der Waals surface area contributed by atoms with Crippen molar-refractivity contribution >= 4 is 17.5 Å². The van der Waals surface area contributed by atoms with Gasteiger partial charge >= 0.3 is 0 Å². The van der Waals surface area contributed by atoms with E-state index in [2.05, 4.69) is 5.32 Å². The molecule has 3 rings (SSSR count). The van der Waals surface area contributed by atoms with E-state index in [1.165, 1.54) is 30.2 Å². The molecule has 1 aliphatic heterocycles. The monoisotopic (exact) mass is 292 g/mol. The van der Waals surface area contributed by atoms with Crippen LogP contribution in [0.3, 0.4) is 0 Å². The van der Waals surface area contributed by atoms with Crippen LogP contribution in [0.5, 0.6) is 5.75 Å². The summed E-state index contributed by atoms with van der Waals surface area (Å²) in [6.45, 7) is 1.54. The first-order valence-electron chi connectivity index (χ1n) is 6.92. The first-order chi connectivity index (χ1) is 9.95. The van der Waals surface area contributed by atoms with E-state index in [0.29, 0.717) is 5.75 Å². The predicted octanol–water partition coefficient (Wildman–Crippen LogP) is 1.47. The maximum Gasteiger partial charge on any atom is 0.253 e. The van der Waals surface area contributed by atoms with Crippen LogP contribution >= 0.6 is 0 Å². The predicted molar refractivity (Wildman–Crippen MR) is 74.6 cm³/mol. The number of anilines is 1. The Balaban J connectivity index is 2.00. The molecular formula is C15H17FN2O3. The molecule has 1 N–H and O–H groups in total. The lowest BCUT2D eigenvalue weighted by Gasteiger charge is -2.40. The first-order valence-corrected chi connectivity index (χ1v) is 6.92. The molecule has 1 atom stereocenters. The normalized spacial score (nSPS) is 25.8. The topological polar surface area (TPSA) is 58.6 Å². The molecule has 2 aliphatic rings. The number of benzene rings is 1. The highest BCUT2D eigenvalue weighted by Gasteiger charge is 2.53. The molecule has 1 saturated heterocycles. The average Bonchev–Trinajstić information content (AvgIpc) is 3.28. The van der Waals surface area contributed by atoms with E-state index in [-0.39, 0.29) is 30.0 Å². The summed E-state index contributed by atoms with van der Waals surface area (Å²) in [7, 11) is 1.47. The van der Waals surface area contributed by atoms with E-state index in [0.717, 1.165) is 12.8 Å². The minimum atomic E-state index is -0.940. The van der Waals surface area contributed by atoms with E-state index in [1.807, 2.05) is 0 Å². The molecule has 0 spiro atoms. The fraction of sp³-hybridized carbons (Fsp3) is 0.467. The molecule has 0 bridgehead atoms. The number of halogens is 1. The Bertz CT molecular complexity index is 615. The molecule has 1 saturated carbocycles. The third-order valence-electron chi connectivity index (χ3n) is 4.23. The maximum absolute atomic E-state index is 14.1. The molecule has 1 aromatic carbocycles. The quantitative estimate of drug-likeness (QED) is 0.917. The number of carbonyl (C=O) groups is 2. The molecule has 0 aromatic heterocycles. The maximum atomic E-state index is 14.1. The summed E-state index contributed by atoms with van der Waals surface area (Å²) >= 11 is 0. The van der Waals surface area contributed by atoms with E-state index in [1.54, 1.807) is 6.92 Å². The largest absolute Gasteiger partial charge is 0.497 e. The number of ether oxygens (including phenoxy) is 1. The number of carbonyl (C=O) groups excluding carboxylic acids is 2. The van der Waals surface area contributed by atoms with Crippen LogP contribution in [0.25, 0.3) is 0 Å². The zero-order valence-corrected chi connectivity index (χ0v) is 12.0. The van der Waals surface area contributed by atoms with Crippen LogP contribution in [0.15, 0.2) is 18.2 Å². The van der Waals surface area contributed by atoms with Gasteiger partial charge in [0.15, 0.2) is 0 Å². The van der Waals surface area contributed by atoms with Crippen LogP contribution in [-0.2, 0) is 9.59 Å². The molecule has 2 fully saturated rings. The van der Waals surface area contributed by atoms with Crippen LogP contribution in [0, 0.1) is 11.7 Å². The zero-order chi connectivity index (χ0) is 15.2. The van der Waals surface area contributed by atoms with Crippen molar-refractivity contribution in [3.05, 3.63) is 24.0 Å². The Kier molecular flexibility index (Phi) is 3.11. The molecule has 6 heteroatoms. The molecule has 1 aromatic rings. The van der Waals surface area contributed by atoms with Crippen molar-refractivity contribution in [2.45, 2.75) is 25.3 Å². The Labute approximate surface area is 122 Å². The van der Waals surface area contributed by atoms with Gasteiger partial charge in [0.2, 0.25) is 5.91 Å². The standard InChI is InChI=1S/C15H17FN2O3/c1-15(9-3-4-9)14(20)18(8-13(19)17-15)12-7-10(21-2)5-6-11(12)16/h5-7,9H,3-4,8H2,1-2H3,(H,17,19). The van der Waals surface area contributed by atoms with E-state index in [4.69, 9.17) is 4.74 Å². The van der Waals surface area contributed by atoms with Gasteiger partial charge in [-0.05, 0) is 37.8 Å². The number of rotatable bonds is 3. The Hall–Kier alpha value is -2.11. The highest BCUT2D eigenvalue weighted by molar-refractivity contribution is 6.09. The lowest BCUT2D eigenvalue weighted by Crippen LogP contribution is -2.66. The third-order valence-corrected chi connectivity index (χ3v) is 4.23. The second-order valence-electron chi connectivity index (χ2n) is 5.73. The highest BCUT2D eigenvalue weighted by Crippen LogP contribution is 2.42. The molecule has 1 heterocycles. The summed E-state index contributed by atoms with van der Waals surface area (Å²) in [4.78, 5) is 25.9. The van der Waals surface area contributed by atoms with Gasteiger partial charge in [-0.15, -0.1) is 0 Å². The number of nitrogens with zero attached hydrogens (tertiary/aromatic N) is 1. The molecule has 21 heavy (non-hydrogen) atoms. The van der Waals surface area contributed by atoms with Gasteiger partial charge in [-0.25, -0.2) is 4.39 Å². The fourth-order valence-corrected chi connectivity index (χ4v) is 2.84. The summed E-state index contributed by atoms with van der Waals surface area (Å²) in [6.07, 6.45) is 1.80. The molecule has 2 amide bonds. The van der Waals surface area contributed by atoms with Crippen molar-refractivity contribution in [1.29, 1.82) is 0 Å². The van der Waals surface area contributed by atoms with E-state index in [9.17, 15) is 14.0 Å². The minimum Gasteiger partial charge on any atom is -0.497 e. The minimum absolute atomic E-state index is 0.0843. The van der Waals surface area contributed by atoms with Gasteiger partial charge < -0.3 is 10.1 Å². The van der Waals surface area contributed by atoms with Crippen LogP contribution < -0.4 is 15.0 Å². The number of methoxy groups -OCH3 is 1. The van der Waals surface area contributed by atoms with Gasteiger partial charge in [-0.1, -0.05) is 0 Å². The molecule has 5 nitrogen and oxygen atoms in total. The van der Waals surface area contributed by atoms with E-state index >= 15 is 0 Å². The SMILES string of the molecule is COc1ccc(F)c(N2CC(=O)NC(C)(C3CC3)C2=O)c1. The zero-order valence-electron chi connectivity index (χ0n) is 12.0. The van der Waals surface area contributed by atoms with Gasteiger partial charge in [0.1, 0.15) is 23.7 Å². The molecule has 1 aliphatic carbocycles. The van der Waals surface area contributed by atoms with Gasteiger partial charge in [-0.3, -0.25) is 14.5 Å². The second kappa shape index (κ2) is 4.72. The smallest absolute Gasteiger partial charge is 0.253 e. The van der Waals surface area contributed by atoms with Crippen molar-refractivity contribution in [2.75, 3.05) is 18.6 Å². The summed E-state index contributed by atoms with van der Waals surface area (Å²) in [6, 6.07) is 4.16. The Morgan fingerprint density at radius 1 is 1.38 bits per heavy atom. The van der Waals surface area contributed by atoms with Crippen LogP contribution in [-0.4, -0.2) is 31.0 Å². The summed E-state index contributed by atoms with van der Waals surface area (Å²) < 4.78 is 19.1. The average molecular weight is 292 g/mol. The first kappa shape index (κ1) is 13.9. The van der Waals surface area contributed by atoms with Crippen molar-refractivity contribution in [3.63, 3.8) is 0 Å². The molecule has 112 valence electrons. The molecule has 1 unspecified atom stereocenters. The fourth-order valence-electron chi connectivity index (χ4n) is 2.84. The van der Waals surface area contributed by atoms with E-state index < -0.39 is 11.4 Å². The number of hydrogen-bond acceptors (Lipinski definition) is 3. The number of hydrogen-bond donors (Lipinski definition) is 1. The van der Waals surface area contributed by atoms with Crippen molar-refractivity contribution in [1.82, 2.24) is 5.32 Å². The Morgan fingerprint density at radius 3 is 2.71 bits per heavy atom. The summed E-state index contributed by atoms with van der Waals surface area (Å²) in [5.41, 5.74) is -0.855. The number of nitrogens with one attached hydrogen (secondary N) is 1.